The van der Waals surface area contributed by atoms with E-state index in [9.17, 15) is 8.78 Å². The standard InChI is InChI=1S/C8H12F2/c1-7-3-2-5-8(9,10)6-4-7/h3H,2,4-6H2,1H3. The Labute approximate surface area is 59.9 Å². The van der Waals surface area contributed by atoms with Crippen molar-refractivity contribution < 1.29 is 8.78 Å². The van der Waals surface area contributed by atoms with Crippen LogP contribution in [0.15, 0.2) is 11.6 Å². The highest BCUT2D eigenvalue weighted by Gasteiger charge is 2.28. The van der Waals surface area contributed by atoms with Crippen molar-refractivity contribution in [3.8, 4) is 0 Å². The first-order chi connectivity index (χ1) is 4.60. The first-order valence-electron chi connectivity index (χ1n) is 3.64. The zero-order valence-electron chi connectivity index (χ0n) is 6.16. The molecule has 0 spiro atoms. The molecule has 0 unspecified atom stereocenters. The molecule has 1 aliphatic rings. The second kappa shape index (κ2) is 2.69. The van der Waals surface area contributed by atoms with Gasteiger partial charge < -0.3 is 0 Å². The van der Waals surface area contributed by atoms with Gasteiger partial charge in [-0.1, -0.05) is 11.6 Å². The molecule has 0 aromatic rings. The van der Waals surface area contributed by atoms with Crippen molar-refractivity contribution in [3.63, 3.8) is 0 Å². The van der Waals surface area contributed by atoms with Crippen LogP contribution in [0.2, 0.25) is 0 Å². The molecule has 1 aliphatic carbocycles. The van der Waals surface area contributed by atoms with Crippen LogP contribution >= 0.6 is 0 Å². The Morgan fingerprint density at radius 3 is 2.80 bits per heavy atom. The summed E-state index contributed by atoms with van der Waals surface area (Å²) < 4.78 is 25.2. The van der Waals surface area contributed by atoms with Crippen LogP contribution in [0.1, 0.15) is 32.6 Å². The first-order valence-corrected chi connectivity index (χ1v) is 3.64. The Hall–Kier alpha value is -0.400. The van der Waals surface area contributed by atoms with Crippen molar-refractivity contribution in [2.75, 3.05) is 0 Å². The smallest absolute Gasteiger partial charge is 0.207 e. The van der Waals surface area contributed by atoms with Crippen molar-refractivity contribution in [2.45, 2.75) is 38.5 Å². The highest BCUT2D eigenvalue weighted by atomic mass is 19.3. The molecule has 0 radical (unpaired) electrons. The molecule has 0 bridgehead atoms. The zero-order chi connectivity index (χ0) is 7.61. The number of halogens is 2. The summed E-state index contributed by atoms with van der Waals surface area (Å²) in [6.07, 6.45) is 3.09. The van der Waals surface area contributed by atoms with Crippen LogP contribution in [0.3, 0.4) is 0 Å². The van der Waals surface area contributed by atoms with Gasteiger partial charge in [-0.15, -0.1) is 0 Å². The summed E-state index contributed by atoms with van der Waals surface area (Å²) >= 11 is 0. The van der Waals surface area contributed by atoms with Gasteiger partial charge in [0.25, 0.3) is 0 Å². The lowest BCUT2D eigenvalue weighted by Crippen LogP contribution is -2.13. The largest absolute Gasteiger partial charge is 0.248 e. The molecule has 10 heavy (non-hydrogen) atoms. The van der Waals surface area contributed by atoms with Gasteiger partial charge in [-0.3, -0.25) is 0 Å². The fourth-order valence-corrected chi connectivity index (χ4v) is 1.14. The molecule has 0 heterocycles. The van der Waals surface area contributed by atoms with E-state index < -0.39 is 5.92 Å². The predicted octanol–water partition coefficient (Wildman–Crippen LogP) is 3.14. The minimum absolute atomic E-state index is 0.0321. The molecule has 0 aliphatic heterocycles. The number of hydrogen-bond donors (Lipinski definition) is 0. The van der Waals surface area contributed by atoms with Crippen LogP contribution in [0, 0.1) is 0 Å². The lowest BCUT2D eigenvalue weighted by molar-refractivity contribution is -0.0128. The van der Waals surface area contributed by atoms with Gasteiger partial charge in [-0.05, 0) is 19.8 Å². The van der Waals surface area contributed by atoms with Crippen molar-refractivity contribution in [2.24, 2.45) is 0 Å². The van der Waals surface area contributed by atoms with E-state index in [1.165, 1.54) is 0 Å². The summed E-state index contributed by atoms with van der Waals surface area (Å²) in [6.45, 7) is 1.92. The minimum atomic E-state index is -2.41. The lowest BCUT2D eigenvalue weighted by Gasteiger charge is -2.11. The van der Waals surface area contributed by atoms with Gasteiger partial charge >= 0.3 is 0 Å². The molecule has 0 fully saturated rings. The topological polar surface area (TPSA) is 0 Å². The van der Waals surface area contributed by atoms with Gasteiger partial charge in [0.15, 0.2) is 0 Å². The molecular formula is C8H12F2. The molecule has 0 aromatic carbocycles. The first kappa shape index (κ1) is 7.70. The van der Waals surface area contributed by atoms with Gasteiger partial charge in [0.2, 0.25) is 5.92 Å². The normalized spacial score (nSPS) is 25.3. The van der Waals surface area contributed by atoms with Crippen molar-refractivity contribution in [1.29, 1.82) is 0 Å². The Balaban J connectivity index is 2.52. The number of alkyl halides is 2. The summed E-state index contributed by atoms with van der Waals surface area (Å²) in [5.41, 5.74) is 1.11. The quantitative estimate of drug-likeness (QED) is 0.460. The van der Waals surface area contributed by atoms with E-state index in [0.717, 1.165) is 5.57 Å². The van der Waals surface area contributed by atoms with Crippen LogP contribution < -0.4 is 0 Å². The summed E-state index contributed by atoms with van der Waals surface area (Å²) in [5, 5.41) is 0. The van der Waals surface area contributed by atoms with Crippen molar-refractivity contribution in [1.82, 2.24) is 0 Å². The Bertz CT molecular complexity index is 147. The van der Waals surface area contributed by atoms with Crippen LogP contribution in [0.5, 0.6) is 0 Å². The third-order valence-electron chi connectivity index (χ3n) is 1.89. The third-order valence-corrected chi connectivity index (χ3v) is 1.89. The van der Waals surface area contributed by atoms with Gasteiger partial charge in [-0.25, -0.2) is 8.78 Å². The summed E-state index contributed by atoms with van der Waals surface area (Å²) in [4.78, 5) is 0. The van der Waals surface area contributed by atoms with Crippen molar-refractivity contribution >= 4 is 0 Å². The Morgan fingerprint density at radius 2 is 2.10 bits per heavy atom. The van der Waals surface area contributed by atoms with E-state index in [1.54, 1.807) is 0 Å². The molecule has 0 aromatic heterocycles. The molecule has 0 saturated heterocycles. The van der Waals surface area contributed by atoms with Gasteiger partial charge in [0, 0.05) is 12.8 Å². The minimum Gasteiger partial charge on any atom is -0.207 e. The van der Waals surface area contributed by atoms with Crippen molar-refractivity contribution in [3.05, 3.63) is 11.6 Å². The average molecular weight is 146 g/mol. The molecule has 0 amide bonds. The highest BCUT2D eigenvalue weighted by molar-refractivity contribution is 5.01. The highest BCUT2D eigenvalue weighted by Crippen LogP contribution is 2.30. The van der Waals surface area contributed by atoms with Crippen LogP contribution in [-0.4, -0.2) is 5.92 Å². The fraction of sp³-hybridized carbons (Fsp3) is 0.750. The van der Waals surface area contributed by atoms with Crippen LogP contribution in [0.4, 0.5) is 8.78 Å². The number of rotatable bonds is 0. The van der Waals surface area contributed by atoms with Gasteiger partial charge in [0.1, 0.15) is 0 Å². The summed E-state index contributed by atoms with van der Waals surface area (Å²) in [7, 11) is 0. The molecule has 0 atom stereocenters. The lowest BCUT2D eigenvalue weighted by atomic mass is 10.1. The maximum absolute atomic E-state index is 12.6. The Morgan fingerprint density at radius 1 is 1.40 bits per heavy atom. The van der Waals surface area contributed by atoms with Gasteiger partial charge in [-0.2, -0.15) is 0 Å². The van der Waals surface area contributed by atoms with E-state index in [2.05, 4.69) is 0 Å². The summed E-state index contributed by atoms with van der Waals surface area (Å²) in [5.74, 6) is -2.41. The SMILES string of the molecule is CC1=CCCC(F)(F)CC1. The van der Waals surface area contributed by atoms with Gasteiger partial charge in [0.05, 0.1) is 0 Å². The van der Waals surface area contributed by atoms with E-state index >= 15 is 0 Å². The third kappa shape index (κ3) is 2.09. The second-order valence-corrected chi connectivity index (χ2v) is 2.95. The fourth-order valence-electron chi connectivity index (χ4n) is 1.14. The maximum atomic E-state index is 12.6. The molecule has 2 heteroatoms. The molecule has 0 N–H and O–H groups in total. The summed E-state index contributed by atoms with van der Waals surface area (Å²) in [6, 6.07) is 0. The van der Waals surface area contributed by atoms with Crippen LogP contribution in [-0.2, 0) is 0 Å². The van der Waals surface area contributed by atoms with E-state index in [-0.39, 0.29) is 12.8 Å². The van der Waals surface area contributed by atoms with E-state index in [4.69, 9.17) is 0 Å². The molecule has 0 nitrogen and oxygen atoms in total. The molecule has 1 rings (SSSR count). The average Bonchev–Trinajstić information content (AvgIpc) is 1.94. The number of hydrogen-bond acceptors (Lipinski definition) is 0. The molecule has 58 valence electrons. The predicted molar refractivity (Wildman–Crippen MR) is 37.2 cm³/mol. The molecule has 0 saturated carbocycles. The monoisotopic (exact) mass is 146 g/mol. The molecular weight excluding hydrogens is 134 g/mol. The maximum Gasteiger partial charge on any atom is 0.248 e. The van der Waals surface area contributed by atoms with E-state index in [1.807, 2.05) is 13.0 Å². The zero-order valence-corrected chi connectivity index (χ0v) is 6.16. The van der Waals surface area contributed by atoms with Crippen LogP contribution in [0.25, 0.3) is 0 Å². The second-order valence-electron chi connectivity index (χ2n) is 2.95. The van der Waals surface area contributed by atoms with E-state index in [0.29, 0.717) is 12.8 Å². The number of allylic oxidation sites excluding steroid dienone is 2. The Kier molecular flexibility index (Phi) is 2.07.